The fraction of sp³-hybridized carbons (Fsp3) is 0.167. The average Bonchev–Trinajstić information content (AvgIpc) is 2.80. The van der Waals surface area contributed by atoms with Gasteiger partial charge in [0.25, 0.3) is 15.9 Å². The molecule has 0 radical (unpaired) electrons. The van der Waals surface area contributed by atoms with E-state index >= 15 is 0 Å². The van der Waals surface area contributed by atoms with Crippen molar-refractivity contribution in [1.29, 1.82) is 0 Å². The summed E-state index contributed by atoms with van der Waals surface area (Å²) in [5.74, 6) is -0.406. The van der Waals surface area contributed by atoms with E-state index in [1.54, 1.807) is 68.6 Å². The lowest BCUT2D eigenvalue weighted by atomic mass is 10.2. The predicted molar refractivity (Wildman–Crippen MR) is 128 cm³/mol. The molecule has 3 rings (SSSR count). The zero-order chi connectivity index (χ0) is 24.2. The van der Waals surface area contributed by atoms with Crippen molar-refractivity contribution in [3.05, 3.63) is 83.4 Å². The Morgan fingerprint density at radius 2 is 1.61 bits per heavy atom. The van der Waals surface area contributed by atoms with Crippen molar-refractivity contribution in [1.82, 2.24) is 0 Å². The Morgan fingerprint density at radius 1 is 0.909 bits per heavy atom. The summed E-state index contributed by atoms with van der Waals surface area (Å²) in [5.41, 5.74) is 3.14. The van der Waals surface area contributed by atoms with E-state index in [-0.39, 0.29) is 16.1 Å². The Hall–Kier alpha value is -3.85. The number of nitrogens with zero attached hydrogens (tertiary/aromatic N) is 1. The highest BCUT2D eigenvalue weighted by Gasteiger charge is 2.18. The second kappa shape index (κ2) is 9.74. The molecule has 0 unspecified atom stereocenters. The molecule has 0 aliphatic rings. The lowest BCUT2D eigenvalue weighted by molar-refractivity contribution is 0.102. The maximum atomic E-state index is 12.9. The Balaban J connectivity index is 1.75. The first-order valence-corrected chi connectivity index (χ1v) is 11.5. The average molecular weight is 468 g/mol. The molecular formula is C24H25N3O5S. The minimum Gasteiger partial charge on any atom is -0.452 e. The first-order valence-electron chi connectivity index (χ1n) is 10.0. The van der Waals surface area contributed by atoms with Gasteiger partial charge in [-0.25, -0.2) is 13.2 Å². The summed E-state index contributed by atoms with van der Waals surface area (Å²) in [6.45, 7) is 3.55. The summed E-state index contributed by atoms with van der Waals surface area (Å²) in [6, 6.07) is 18.1. The molecule has 33 heavy (non-hydrogen) atoms. The number of benzene rings is 3. The number of rotatable bonds is 6. The van der Waals surface area contributed by atoms with Gasteiger partial charge in [-0.2, -0.15) is 0 Å². The van der Waals surface area contributed by atoms with Gasteiger partial charge in [-0.3, -0.25) is 14.4 Å². The largest absolute Gasteiger partial charge is 0.452 e. The van der Waals surface area contributed by atoms with Crippen LogP contribution in [0.3, 0.4) is 0 Å². The highest BCUT2D eigenvalue weighted by molar-refractivity contribution is 7.92. The number of sulfonamides is 1. The van der Waals surface area contributed by atoms with Gasteiger partial charge in [-0.05, 0) is 73.5 Å². The first-order chi connectivity index (χ1) is 15.6. The van der Waals surface area contributed by atoms with Gasteiger partial charge in [-0.15, -0.1) is 0 Å². The van der Waals surface area contributed by atoms with E-state index in [1.807, 2.05) is 13.0 Å². The van der Waals surface area contributed by atoms with Gasteiger partial charge >= 0.3 is 6.09 Å². The van der Waals surface area contributed by atoms with Crippen LogP contribution in [0, 0.1) is 13.8 Å². The van der Waals surface area contributed by atoms with Gasteiger partial charge in [0.15, 0.2) is 0 Å². The Morgan fingerprint density at radius 3 is 2.27 bits per heavy atom. The van der Waals surface area contributed by atoms with E-state index in [1.165, 1.54) is 18.1 Å². The molecule has 9 heteroatoms. The van der Waals surface area contributed by atoms with E-state index < -0.39 is 22.0 Å². The number of hydrogen-bond donors (Lipinski definition) is 2. The molecule has 0 aromatic heterocycles. The van der Waals surface area contributed by atoms with Gasteiger partial charge in [-0.1, -0.05) is 18.2 Å². The molecule has 0 heterocycles. The Labute approximate surface area is 193 Å². The molecule has 2 amide bonds. The van der Waals surface area contributed by atoms with Crippen LogP contribution in [-0.4, -0.2) is 34.6 Å². The second-order valence-corrected chi connectivity index (χ2v) is 9.14. The number of carbonyl (C=O) groups is 2. The topological polar surface area (TPSA) is 105 Å². The molecular weight excluding hydrogens is 442 g/mol. The van der Waals surface area contributed by atoms with Crippen molar-refractivity contribution in [2.24, 2.45) is 0 Å². The van der Waals surface area contributed by atoms with E-state index in [4.69, 9.17) is 0 Å². The third-order valence-electron chi connectivity index (χ3n) is 4.97. The molecule has 2 N–H and O–H groups in total. The van der Waals surface area contributed by atoms with E-state index in [9.17, 15) is 18.0 Å². The minimum atomic E-state index is -3.81. The van der Waals surface area contributed by atoms with Crippen LogP contribution in [0.25, 0.3) is 0 Å². The third kappa shape index (κ3) is 5.69. The van der Waals surface area contributed by atoms with E-state index in [0.717, 1.165) is 5.56 Å². The van der Waals surface area contributed by atoms with E-state index in [2.05, 4.69) is 14.8 Å². The zero-order valence-electron chi connectivity index (χ0n) is 18.7. The van der Waals surface area contributed by atoms with Crippen LogP contribution >= 0.6 is 0 Å². The van der Waals surface area contributed by atoms with Crippen molar-refractivity contribution in [2.45, 2.75) is 18.7 Å². The van der Waals surface area contributed by atoms with Gasteiger partial charge in [0, 0.05) is 29.7 Å². The lowest BCUT2D eigenvalue weighted by Crippen LogP contribution is -2.25. The molecule has 0 aliphatic heterocycles. The zero-order valence-corrected chi connectivity index (χ0v) is 19.6. The molecule has 0 atom stereocenters. The number of ether oxygens (including phenoxy) is 1. The number of aryl methyl sites for hydroxylation is 2. The summed E-state index contributed by atoms with van der Waals surface area (Å²) in [7, 11) is -0.945. The normalized spacial score (nSPS) is 10.9. The van der Waals surface area contributed by atoms with Crippen molar-refractivity contribution < 1.29 is 22.7 Å². The Kier molecular flexibility index (Phi) is 7.03. The second-order valence-electron chi connectivity index (χ2n) is 7.49. The summed E-state index contributed by atoms with van der Waals surface area (Å²) >= 11 is 0. The predicted octanol–water partition coefficient (Wildman–Crippen LogP) is 4.56. The summed E-state index contributed by atoms with van der Waals surface area (Å²) < 4.78 is 32.9. The van der Waals surface area contributed by atoms with Crippen LogP contribution in [0.1, 0.15) is 21.5 Å². The van der Waals surface area contributed by atoms with Crippen LogP contribution in [0.15, 0.2) is 71.6 Å². The fourth-order valence-electron chi connectivity index (χ4n) is 3.14. The molecule has 172 valence electrons. The molecule has 0 saturated heterocycles. The van der Waals surface area contributed by atoms with Crippen molar-refractivity contribution in [2.75, 3.05) is 29.1 Å². The van der Waals surface area contributed by atoms with E-state index in [0.29, 0.717) is 16.9 Å². The number of anilines is 3. The quantitative estimate of drug-likeness (QED) is 0.553. The molecule has 0 saturated carbocycles. The third-order valence-corrected chi connectivity index (χ3v) is 6.49. The molecule has 8 nitrogen and oxygen atoms in total. The van der Waals surface area contributed by atoms with Crippen LogP contribution in [0.4, 0.5) is 21.9 Å². The molecule has 0 aliphatic carbocycles. The van der Waals surface area contributed by atoms with Gasteiger partial charge < -0.3 is 10.1 Å². The van der Waals surface area contributed by atoms with Crippen molar-refractivity contribution in [3.8, 4) is 0 Å². The number of nitrogens with one attached hydrogen (secondary N) is 2. The smallest absolute Gasteiger partial charge is 0.413 e. The van der Waals surface area contributed by atoms with Crippen LogP contribution in [-0.2, 0) is 14.8 Å². The molecule has 3 aromatic rings. The number of amides is 2. The van der Waals surface area contributed by atoms with Crippen molar-refractivity contribution >= 4 is 39.1 Å². The highest BCUT2D eigenvalue weighted by Crippen LogP contribution is 2.22. The summed E-state index contributed by atoms with van der Waals surface area (Å²) in [6.07, 6.45) is -0.507. The maximum Gasteiger partial charge on any atom is 0.413 e. The molecule has 0 fully saturated rings. The standard InChI is InChI=1S/C24H25N3O5S/c1-16-8-9-17(2)22(14-16)33(30,31)26-20-7-5-6-18(15-20)23(28)25-19-10-12-21(13-11-19)27(3)24(29)32-4/h5-15,26H,1-4H3,(H,25,28). The highest BCUT2D eigenvalue weighted by atomic mass is 32.2. The minimum absolute atomic E-state index is 0.189. The fourth-order valence-corrected chi connectivity index (χ4v) is 4.53. The maximum absolute atomic E-state index is 12.9. The molecule has 3 aromatic carbocycles. The van der Waals surface area contributed by atoms with Gasteiger partial charge in [0.05, 0.1) is 12.0 Å². The van der Waals surface area contributed by atoms with Crippen LogP contribution in [0.2, 0.25) is 0 Å². The lowest BCUT2D eigenvalue weighted by Gasteiger charge is -2.16. The number of hydrogen-bond acceptors (Lipinski definition) is 5. The SMILES string of the molecule is COC(=O)N(C)c1ccc(NC(=O)c2cccc(NS(=O)(=O)c3cc(C)ccc3C)c2)cc1. The molecule has 0 spiro atoms. The summed E-state index contributed by atoms with van der Waals surface area (Å²) in [4.78, 5) is 25.8. The van der Waals surface area contributed by atoms with Crippen molar-refractivity contribution in [3.63, 3.8) is 0 Å². The number of carbonyl (C=O) groups excluding carboxylic acids is 2. The Bertz CT molecular complexity index is 1290. The monoisotopic (exact) mass is 467 g/mol. The first kappa shape index (κ1) is 23.8. The van der Waals surface area contributed by atoms with Gasteiger partial charge in [0.2, 0.25) is 0 Å². The molecule has 0 bridgehead atoms. The van der Waals surface area contributed by atoms with Crippen LogP contribution < -0.4 is 14.9 Å². The van der Waals surface area contributed by atoms with Crippen LogP contribution in [0.5, 0.6) is 0 Å². The number of methoxy groups -OCH3 is 1. The summed E-state index contributed by atoms with van der Waals surface area (Å²) in [5, 5.41) is 2.76. The van der Waals surface area contributed by atoms with Gasteiger partial charge in [0.1, 0.15) is 0 Å².